The van der Waals surface area contributed by atoms with Crippen LogP contribution in [0.1, 0.15) is 110 Å². The first-order chi connectivity index (χ1) is 21.4. The van der Waals surface area contributed by atoms with Crippen LogP contribution in [0.3, 0.4) is 0 Å². The summed E-state index contributed by atoms with van der Waals surface area (Å²) in [5, 5.41) is 0. The number of aryl methyl sites for hydroxylation is 2. The Morgan fingerprint density at radius 3 is 2.44 bits per heavy atom. The normalized spacial score (nSPS) is 16.0. The summed E-state index contributed by atoms with van der Waals surface area (Å²) in [7, 11) is 0. The van der Waals surface area contributed by atoms with Gasteiger partial charge in [-0.2, -0.15) is 0 Å². The molecule has 1 fully saturated rings. The van der Waals surface area contributed by atoms with Crippen LogP contribution in [0, 0.1) is 26.7 Å². The van der Waals surface area contributed by atoms with Crippen LogP contribution in [0.15, 0.2) is 29.9 Å². The number of ether oxygens (including phenoxy) is 2. The van der Waals surface area contributed by atoms with Crippen molar-refractivity contribution in [3.8, 4) is 5.88 Å². The molecular weight excluding hydrogens is 582 g/mol. The maximum atomic E-state index is 13.9. The van der Waals surface area contributed by atoms with Gasteiger partial charge in [-0.3, -0.25) is 4.79 Å². The van der Waals surface area contributed by atoms with E-state index in [9.17, 15) is 9.59 Å². The lowest BCUT2D eigenvalue weighted by Crippen LogP contribution is -2.42. The number of carbonyl (C=O) groups excluding carboxylic acids is 2. The number of hydrogen-bond acceptors (Lipinski definition) is 6. The lowest BCUT2D eigenvalue weighted by molar-refractivity contribution is 0.0184. The lowest BCUT2D eigenvalue weighted by atomic mass is 9.91. The Labute approximate surface area is 275 Å². The highest BCUT2D eigenvalue weighted by atomic mass is 32.1. The monoisotopic (exact) mass is 637 g/mol. The summed E-state index contributed by atoms with van der Waals surface area (Å²) < 4.78 is 11.8. The molecule has 0 aliphatic carbocycles. The van der Waals surface area contributed by atoms with Crippen LogP contribution in [0.4, 0.5) is 4.79 Å². The fourth-order valence-corrected chi connectivity index (χ4v) is 7.37. The first-order valence-corrected chi connectivity index (χ1v) is 17.5. The Bertz CT molecular complexity index is 1380. The maximum absolute atomic E-state index is 13.9. The summed E-state index contributed by atoms with van der Waals surface area (Å²) in [6.45, 7) is 23.1. The molecule has 45 heavy (non-hydrogen) atoms. The van der Waals surface area contributed by atoms with E-state index in [1.54, 1.807) is 0 Å². The molecule has 0 unspecified atom stereocenters. The molecule has 1 saturated heterocycles. The second-order valence-corrected chi connectivity index (χ2v) is 14.1. The first kappa shape index (κ1) is 36.3. The van der Waals surface area contributed by atoms with E-state index < -0.39 is 5.60 Å². The molecule has 2 amide bonds. The van der Waals surface area contributed by atoms with Gasteiger partial charge >= 0.3 is 6.09 Å². The van der Waals surface area contributed by atoms with Gasteiger partial charge in [0.15, 0.2) is 0 Å². The van der Waals surface area contributed by atoms with Gasteiger partial charge in [-0.25, -0.2) is 9.78 Å². The highest BCUT2D eigenvalue weighted by molar-refractivity contribution is 7.12. The predicted molar refractivity (Wildman–Crippen MR) is 185 cm³/mol. The van der Waals surface area contributed by atoms with E-state index >= 15 is 0 Å². The number of allylic oxidation sites excluding steroid dienone is 2. The number of thiophene rings is 1. The third kappa shape index (κ3) is 9.68. The van der Waals surface area contributed by atoms with Crippen molar-refractivity contribution in [3.63, 3.8) is 0 Å². The van der Waals surface area contributed by atoms with Crippen molar-refractivity contribution in [1.29, 1.82) is 0 Å². The summed E-state index contributed by atoms with van der Waals surface area (Å²) >= 11 is 1.81. The summed E-state index contributed by atoms with van der Waals surface area (Å²) in [6.07, 6.45) is 10.7. The van der Waals surface area contributed by atoms with Crippen molar-refractivity contribution in [2.75, 3.05) is 26.2 Å². The number of amides is 2. The van der Waals surface area contributed by atoms with Crippen molar-refractivity contribution in [1.82, 2.24) is 14.8 Å². The van der Waals surface area contributed by atoms with E-state index in [-0.39, 0.29) is 12.0 Å². The number of hydrogen-bond donors (Lipinski definition) is 0. The van der Waals surface area contributed by atoms with Crippen molar-refractivity contribution in [2.45, 2.75) is 113 Å². The molecule has 0 bridgehead atoms. The number of fused-ring (bicyclic) bond motifs is 1. The van der Waals surface area contributed by atoms with Gasteiger partial charge in [-0.05, 0) is 103 Å². The molecule has 0 aromatic carbocycles. The standard InChI is InChI=1S/C35H49N3O4S.C2H6/c1-9-11-27(12-10-2)22-41-32-28(23(3)19-24(4)36-32)21-38-18-15-29-31(33(38)39)25(5)30(43-29)20-26-13-16-37(17-14-26)34(40)42-35(6,7)8;1-2/h9,11-12,19,26H,10,13-18,20-22H2,1-8H3;1-2H3/b11-9-,27-12+;. The number of nitrogens with zero attached hydrogens (tertiary/aromatic N) is 3. The molecule has 7 nitrogen and oxygen atoms in total. The van der Waals surface area contributed by atoms with E-state index in [0.717, 1.165) is 78.7 Å². The molecule has 0 radical (unpaired) electrons. The Hall–Kier alpha value is -3.13. The lowest BCUT2D eigenvalue weighted by Gasteiger charge is -2.33. The Balaban J connectivity index is 0.00000271. The molecule has 0 N–H and O–H groups in total. The van der Waals surface area contributed by atoms with Gasteiger partial charge in [0, 0.05) is 47.1 Å². The molecule has 0 atom stereocenters. The van der Waals surface area contributed by atoms with Gasteiger partial charge in [0.1, 0.15) is 12.2 Å². The van der Waals surface area contributed by atoms with Gasteiger partial charge < -0.3 is 19.3 Å². The van der Waals surface area contributed by atoms with Crippen LogP contribution in [0.25, 0.3) is 0 Å². The quantitative estimate of drug-likeness (QED) is 0.257. The molecule has 2 aromatic rings. The average Bonchev–Trinajstić information content (AvgIpc) is 3.30. The van der Waals surface area contributed by atoms with Gasteiger partial charge in [0.05, 0.1) is 12.1 Å². The first-order valence-electron chi connectivity index (χ1n) is 16.7. The van der Waals surface area contributed by atoms with E-state index in [4.69, 9.17) is 14.5 Å². The summed E-state index contributed by atoms with van der Waals surface area (Å²) in [4.78, 5) is 37.4. The predicted octanol–water partition coefficient (Wildman–Crippen LogP) is 8.77. The maximum Gasteiger partial charge on any atom is 0.410 e. The molecular formula is C37H55N3O4S. The largest absolute Gasteiger partial charge is 0.473 e. The third-order valence-corrected chi connectivity index (χ3v) is 9.55. The minimum absolute atomic E-state index is 0.104. The van der Waals surface area contributed by atoms with Crippen molar-refractivity contribution >= 4 is 23.3 Å². The zero-order chi connectivity index (χ0) is 33.3. The molecule has 8 heteroatoms. The number of pyridine rings is 1. The topological polar surface area (TPSA) is 72.0 Å². The minimum atomic E-state index is -0.480. The number of likely N-dealkylation sites (tertiary alicyclic amines) is 1. The SMILES string of the molecule is C/C=C\C(=C/CC)COc1nc(C)cc(C)c1CN1CCc2sc(CC3CCN(C(=O)OC(C)(C)C)CC3)c(C)c2C1=O.CC. The van der Waals surface area contributed by atoms with E-state index in [1.165, 1.54) is 9.75 Å². The summed E-state index contributed by atoms with van der Waals surface area (Å²) in [5.74, 6) is 1.22. The molecule has 0 saturated carbocycles. The minimum Gasteiger partial charge on any atom is -0.473 e. The highest BCUT2D eigenvalue weighted by Crippen LogP contribution is 2.37. The number of aromatic nitrogens is 1. The second kappa shape index (κ2) is 16.4. The molecule has 4 heterocycles. The smallest absolute Gasteiger partial charge is 0.410 e. The van der Waals surface area contributed by atoms with Crippen LogP contribution in [-0.2, 0) is 24.1 Å². The van der Waals surface area contributed by atoms with Gasteiger partial charge in [0.25, 0.3) is 5.91 Å². The van der Waals surface area contributed by atoms with Crippen molar-refractivity contribution < 1.29 is 19.1 Å². The molecule has 0 spiro atoms. The van der Waals surface area contributed by atoms with Crippen LogP contribution in [0.2, 0.25) is 0 Å². The Morgan fingerprint density at radius 1 is 1.13 bits per heavy atom. The van der Waals surface area contributed by atoms with Gasteiger partial charge in [-0.1, -0.05) is 39.0 Å². The zero-order valence-electron chi connectivity index (χ0n) is 29.3. The van der Waals surface area contributed by atoms with Crippen LogP contribution < -0.4 is 4.74 Å². The fraction of sp³-hybridized carbons (Fsp3) is 0.595. The second-order valence-electron chi connectivity index (χ2n) is 12.9. The van der Waals surface area contributed by atoms with Gasteiger partial charge in [0.2, 0.25) is 5.88 Å². The number of piperidine rings is 1. The summed E-state index contributed by atoms with van der Waals surface area (Å²) in [5.41, 5.74) is 5.63. The van der Waals surface area contributed by atoms with Crippen molar-refractivity contribution in [3.05, 3.63) is 67.6 Å². The average molecular weight is 638 g/mol. The van der Waals surface area contributed by atoms with Crippen molar-refractivity contribution in [2.24, 2.45) is 5.92 Å². The third-order valence-electron chi connectivity index (χ3n) is 8.18. The number of carbonyl (C=O) groups is 2. The van der Waals surface area contributed by atoms with E-state index in [0.29, 0.717) is 31.5 Å². The Kier molecular flexibility index (Phi) is 13.3. The van der Waals surface area contributed by atoms with Gasteiger partial charge in [-0.15, -0.1) is 11.3 Å². The number of rotatable bonds is 9. The van der Waals surface area contributed by atoms with Crippen LogP contribution >= 0.6 is 11.3 Å². The molecule has 4 rings (SSSR count). The molecule has 2 aliphatic rings. The summed E-state index contributed by atoms with van der Waals surface area (Å²) in [6, 6.07) is 2.07. The fourth-order valence-electron chi connectivity index (χ4n) is 5.97. The highest BCUT2D eigenvalue weighted by Gasteiger charge is 2.32. The van der Waals surface area contributed by atoms with E-state index in [2.05, 4.69) is 39.0 Å². The van der Waals surface area contributed by atoms with E-state index in [1.807, 2.05) is 75.7 Å². The Morgan fingerprint density at radius 2 is 1.82 bits per heavy atom. The molecule has 2 aliphatic heterocycles. The molecule has 248 valence electrons. The van der Waals surface area contributed by atoms with Crippen LogP contribution in [-0.4, -0.2) is 58.6 Å². The zero-order valence-corrected chi connectivity index (χ0v) is 30.2. The molecule has 2 aromatic heterocycles. The van der Waals surface area contributed by atoms with Crippen LogP contribution in [0.5, 0.6) is 5.88 Å².